The Morgan fingerprint density at radius 3 is 1.88 bits per heavy atom. The van der Waals surface area contributed by atoms with E-state index in [1.807, 2.05) is 39.8 Å². The van der Waals surface area contributed by atoms with Crippen LogP contribution in [0.3, 0.4) is 0 Å². The molecule has 2 aromatic heterocycles. The maximum atomic E-state index is 12.6. The third kappa shape index (κ3) is 3.95. The van der Waals surface area contributed by atoms with Gasteiger partial charge in [0.25, 0.3) is 11.8 Å². The Morgan fingerprint density at radius 1 is 0.882 bits per heavy atom. The number of fused-ring (bicyclic) bond motifs is 3. The number of thiophene rings is 2. The maximum Gasteiger partial charge on any atom is 0.285 e. The first-order valence-electron chi connectivity index (χ1n) is 10.3. The molecule has 0 unspecified atom stereocenters. The number of thioether (sulfide) groups is 2. The third-order valence-electron chi connectivity index (χ3n) is 5.34. The number of carbonyl (C=O) groups excluding carboxylic acids is 2. The number of thiocarbonyl (C=S) groups is 2. The van der Waals surface area contributed by atoms with E-state index in [9.17, 15) is 9.59 Å². The number of ether oxygens (including phenoxy) is 1. The van der Waals surface area contributed by atoms with Gasteiger partial charge in [-0.1, -0.05) is 24.4 Å². The number of amides is 2. The lowest BCUT2D eigenvalue weighted by Crippen LogP contribution is -2.29. The summed E-state index contributed by atoms with van der Waals surface area (Å²) >= 11 is 16.0. The Labute approximate surface area is 223 Å². The van der Waals surface area contributed by atoms with Crippen LogP contribution < -0.4 is 4.74 Å². The third-order valence-corrected chi connectivity index (χ3v) is 10.2. The van der Waals surface area contributed by atoms with Crippen molar-refractivity contribution in [2.45, 2.75) is 33.3 Å². The summed E-state index contributed by atoms with van der Waals surface area (Å²) in [7, 11) is 0. The lowest BCUT2D eigenvalue weighted by atomic mass is 9.95. The van der Waals surface area contributed by atoms with Crippen molar-refractivity contribution >= 4 is 111 Å². The quantitative estimate of drug-likeness (QED) is 0.425. The van der Waals surface area contributed by atoms with Crippen molar-refractivity contribution in [3.05, 3.63) is 17.7 Å². The van der Waals surface area contributed by atoms with E-state index in [4.69, 9.17) is 29.2 Å². The SMILES string of the molecule is CCN1C(=O)C(=Nc2cc3c(s2)-c2sc(N=C4SC(=S)N(CC)C4=O)cc2C(C)(C)O3)SC1=S. The summed E-state index contributed by atoms with van der Waals surface area (Å²) in [5.74, 6) is 0.391. The van der Waals surface area contributed by atoms with Gasteiger partial charge >= 0.3 is 0 Å². The molecule has 3 aliphatic heterocycles. The van der Waals surface area contributed by atoms with E-state index >= 15 is 0 Å². The molecular weight excluding hydrogens is 549 g/mol. The number of aliphatic imine (C=N–C) groups is 2. The molecule has 0 aliphatic carbocycles. The van der Waals surface area contributed by atoms with E-state index in [1.165, 1.54) is 46.2 Å². The highest BCUT2D eigenvalue weighted by atomic mass is 32.2. The fraction of sp³-hybridized carbons (Fsp3) is 0.333. The van der Waals surface area contributed by atoms with Crippen LogP contribution in [0.2, 0.25) is 0 Å². The maximum absolute atomic E-state index is 12.6. The molecule has 5 rings (SSSR count). The second-order valence-electron chi connectivity index (χ2n) is 7.89. The fourth-order valence-corrected chi connectivity index (χ4v) is 8.64. The van der Waals surface area contributed by atoms with E-state index in [1.54, 1.807) is 9.80 Å². The summed E-state index contributed by atoms with van der Waals surface area (Å²) < 4.78 is 7.36. The van der Waals surface area contributed by atoms with Crippen LogP contribution in [0.4, 0.5) is 10.0 Å². The van der Waals surface area contributed by atoms with E-state index in [2.05, 4.69) is 9.98 Å². The minimum atomic E-state index is -0.584. The standard InChI is InChI=1S/C21H18N4O3S6/c1-5-24-17(26)15(33-19(24)29)22-11-7-9-13(31-11)14-10(28-21(9,3)4)8-12(32-14)23-16-18(27)25(6-2)20(30)34-16/h7-8H,5-6H2,1-4H3. The van der Waals surface area contributed by atoms with Crippen LogP contribution in [0.1, 0.15) is 33.3 Å². The Bertz CT molecular complexity index is 1340. The molecule has 0 saturated carbocycles. The first kappa shape index (κ1) is 24.1. The average molecular weight is 567 g/mol. The summed E-state index contributed by atoms with van der Waals surface area (Å²) in [4.78, 5) is 39.4. The molecule has 176 valence electrons. The van der Waals surface area contributed by atoms with Crippen molar-refractivity contribution in [3.8, 4) is 15.5 Å². The molecule has 2 saturated heterocycles. The van der Waals surface area contributed by atoms with Gasteiger partial charge in [-0.25, -0.2) is 9.98 Å². The van der Waals surface area contributed by atoms with Crippen LogP contribution in [0.15, 0.2) is 22.1 Å². The lowest BCUT2D eigenvalue weighted by Gasteiger charge is -2.30. The molecule has 0 atom stereocenters. The molecule has 3 aliphatic rings. The summed E-state index contributed by atoms with van der Waals surface area (Å²) in [5, 5.41) is 2.15. The first-order chi connectivity index (χ1) is 16.1. The molecule has 0 radical (unpaired) electrons. The number of nitrogens with zero attached hydrogens (tertiary/aromatic N) is 4. The minimum Gasteiger partial charge on any atom is -0.481 e. The largest absolute Gasteiger partial charge is 0.481 e. The van der Waals surface area contributed by atoms with Gasteiger partial charge in [-0.05, 0) is 57.3 Å². The molecule has 0 aromatic carbocycles. The first-order valence-corrected chi connectivity index (χ1v) is 14.4. The molecule has 0 N–H and O–H groups in total. The molecule has 0 spiro atoms. The summed E-state index contributed by atoms with van der Waals surface area (Å²) in [6.45, 7) is 8.82. The van der Waals surface area contributed by atoms with Crippen LogP contribution >= 0.6 is 70.6 Å². The molecule has 13 heteroatoms. The average Bonchev–Trinajstić information content (AvgIpc) is 3.49. The van der Waals surface area contributed by atoms with Crippen LogP contribution in [-0.4, -0.2) is 53.4 Å². The van der Waals surface area contributed by atoms with Gasteiger partial charge < -0.3 is 4.74 Å². The molecular formula is C21H18N4O3S6. The Hall–Kier alpha value is -1.64. The second kappa shape index (κ2) is 8.79. The Balaban J connectivity index is 1.52. The van der Waals surface area contributed by atoms with Crippen LogP contribution in [0.5, 0.6) is 5.75 Å². The van der Waals surface area contributed by atoms with Crippen molar-refractivity contribution in [3.63, 3.8) is 0 Å². The van der Waals surface area contributed by atoms with Crippen molar-refractivity contribution in [2.75, 3.05) is 13.1 Å². The zero-order valence-corrected chi connectivity index (χ0v) is 23.4. The lowest BCUT2D eigenvalue weighted by molar-refractivity contribution is -0.120. The van der Waals surface area contributed by atoms with Crippen molar-refractivity contribution in [1.82, 2.24) is 9.80 Å². The van der Waals surface area contributed by atoms with Crippen LogP contribution in [0, 0.1) is 0 Å². The number of rotatable bonds is 4. The van der Waals surface area contributed by atoms with Crippen LogP contribution in [-0.2, 0) is 15.2 Å². The van der Waals surface area contributed by atoms with E-state index < -0.39 is 5.60 Å². The predicted molar refractivity (Wildman–Crippen MR) is 151 cm³/mol. The molecule has 2 amide bonds. The predicted octanol–water partition coefficient (Wildman–Crippen LogP) is 5.92. The molecule has 2 fully saturated rings. The Morgan fingerprint density at radius 2 is 1.38 bits per heavy atom. The van der Waals surface area contributed by atoms with Gasteiger partial charge in [0.05, 0.1) is 9.75 Å². The van der Waals surface area contributed by atoms with Crippen molar-refractivity contribution in [1.29, 1.82) is 0 Å². The number of carbonyl (C=O) groups is 2. The number of hydrogen-bond donors (Lipinski definition) is 0. The number of hydrogen-bond acceptors (Lipinski definition) is 11. The topological polar surface area (TPSA) is 74.6 Å². The van der Waals surface area contributed by atoms with Crippen molar-refractivity contribution < 1.29 is 14.3 Å². The second-order valence-corrected chi connectivity index (χ2v) is 13.2. The van der Waals surface area contributed by atoms with Gasteiger partial charge in [0.1, 0.15) is 30.0 Å². The molecule has 0 bridgehead atoms. The normalized spacial score (nSPS) is 21.6. The molecule has 34 heavy (non-hydrogen) atoms. The Kier molecular flexibility index (Phi) is 6.22. The summed E-state index contributed by atoms with van der Waals surface area (Å²) in [6, 6.07) is 3.84. The van der Waals surface area contributed by atoms with E-state index in [-0.39, 0.29) is 11.8 Å². The van der Waals surface area contributed by atoms with Gasteiger partial charge in [0.15, 0.2) is 10.1 Å². The van der Waals surface area contributed by atoms with Gasteiger partial charge in [0.2, 0.25) is 0 Å². The van der Waals surface area contributed by atoms with Gasteiger partial charge in [0, 0.05) is 24.7 Å². The van der Waals surface area contributed by atoms with E-state index in [0.717, 1.165) is 26.1 Å². The smallest absolute Gasteiger partial charge is 0.285 e. The zero-order chi connectivity index (χ0) is 24.4. The minimum absolute atomic E-state index is 0.160. The van der Waals surface area contributed by atoms with E-state index in [0.29, 0.717) is 36.8 Å². The highest BCUT2D eigenvalue weighted by molar-refractivity contribution is 8.35. The van der Waals surface area contributed by atoms with Crippen LogP contribution in [0.25, 0.3) is 9.75 Å². The summed E-state index contributed by atoms with van der Waals surface area (Å²) in [6.07, 6.45) is 0. The zero-order valence-electron chi connectivity index (χ0n) is 18.5. The van der Waals surface area contributed by atoms with Gasteiger partial charge in [-0.15, -0.1) is 22.7 Å². The monoisotopic (exact) mass is 566 g/mol. The molecule has 2 aromatic rings. The van der Waals surface area contributed by atoms with Gasteiger partial charge in [-0.3, -0.25) is 19.4 Å². The fourth-order valence-electron chi connectivity index (χ4n) is 3.68. The van der Waals surface area contributed by atoms with Crippen molar-refractivity contribution in [2.24, 2.45) is 9.98 Å². The summed E-state index contributed by atoms with van der Waals surface area (Å²) in [5.41, 5.74) is 0.416. The highest BCUT2D eigenvalue weighted by Crippen LogP contribution is 2.56. The highest BCUT2D eigenvalue weighted by Gasteiger charge is 2.38. The molecule has 7 nitrogen and oxygen atoms in total. The van der Waals surface area contributed by atoms with Gasteiger partial charge in [-0.2, -0.15) is 0 Å². The molecule has 5 heterocycles.